The van der Waals surface area contributed by atoms with Crippen molar-refractivity contribution in [1.29, 1.82) is 0 Å². The molecule has 0 aliphatic rings. The highest BCUT2D eigenvalue weighted by Gasteiger charge is 2.22. The van der Waals surface area contributed by atoms with Gasteiger partial charge in [0.05, 0.1) is 0 Å². The fraction of sp³-hybridized carbons (Fsp3) is 1.00. The van der Waals surface area contributed by atoms with Crippen LogP contribution in [-0.4, -0.2) is 5.38 Å². The van der Waals surface area contributed by atoms with Crippen LogP contribution in [0.3, 0.4) is 0 Å². The minimum Gasteiger partial charge on any atom is -0.188 e. The molecule has 0 nitrogen and oxygen atoms in total. The Kier molecular flexibility index (Phi) is 7.63. The Hall–Kier alpha value is 0.150. The Morgan fingerprint density at radius 3 is 1.85 bits per heavy atom. The number of halogens is 3. The minimum absolute atomic E-state index is 0.178. The zero-order valence-electron chi connectivity index (χ0n) is 8.29. The Balaban J connectivity index is 3.00. The summed E-state index contributed by atoms with van der Waals surface area (Å²) in [6.07, 6.45) is 7.19. The van der Waals surface area contributed by atoms with Crippen LogP contribution >= 0.6 is 11.6 Å². The summed E-state index contributed by atoms with van der Waals surface area (Å²) in [7, 11) is 0. The predicted molar refractivity (Wildman–Crippen MR) is 53.4 cm³/mol. The summed E-state index contributed by atoms with van der Waals surface area (Å²) in [5, 5.41) is -2.98. The first-order chi connectivity index (χ1) is 6.06. The largest absolute Gasteiger partial charge is 0.321 e. The molecule has 0 aromatic rings. The summed E-state index contributed by atoms with van der Waals surface area (Å²) < 4.78 is 24.2. The molecule has 0 fully saturated rings. The van der Waals surface area contributed by atoms with Crippen LogP contribution in [0.25, 0.3) is 0 Å². The smallest absolute Gasteiger partial charge is 0.188 e. The van der Waals surface area contributed by atoms with E-state index in [1.807, 2.05) is 0 Å². The van der Waals surface area contributed by atoms with Crippen LogP contribution in [0.2, 0.25) is 0 Å². The van der Waals surface area contributed by atoms with Gasteiger partial charge >= 0.3 is 5.38 Å². The summed E-state index contributed by atoms with van der Waals surface area (Å²) in [5.74, 6) is 0. The molecule has 0 saturated carbocycles. The first-order valence-electron chi connectivity index (χ1n) is 5.13. The SMILES string of the molecule is CCCCCCCCCC(F)(F)Cl. The Morgan fingerprint density at radius 2 is 1.38 bits per heavy atom. The fourth-order valence-electron chi connectivity index (χ4n) is 1.28. The van der Waals surface area contributed by atoms with Crippen molar-refractivity contribution >= 4 is 11.6 Å². The maximum atomic E-state index is 12.1. The van der Waals surface area contributed by atoms with E-state index in [9.17, 15) is 8.78 Å². The molecule has 0 radical (unpaired) electrons. The lowest BCUT2D eigenvalue weighted by Crippen LogP contribution is -2.04. The third kappa shape index (κ3) is 12.1. The van der Waals surface area contributed by atoms with Crippen LogP contribution in [0.15, 0.2) is 0 Å². The van der Waals surface area contributed by atoms with Crippen molar-refractivity contribution in [3.8, 4) is 0 Å². The van der Waals surface area contributed by atoms with Gasteiger partial charge in [-0.05, 0) is 18.0 Å². The third-order valence-electron chi connectivity index (χ3n) is 2.06. The van der Waals surface area contributed by atoms with Crippen LogP contribution in [0.4, 0.5) is 8.78 Å². The van der Waals surface area contributed by atoms with Crippen molar-refractivity contribution in [3.63, 3.8) is 0 Å². The molecule has 3 heteroatoms. The van der Waals surface area contributed by atoms with Gasteiger partial charge in [-0.15, -0.1) is 0 Å². The molecule has 0 spiro atoms. The van der Waals surface area contributed by atoms with Crippen molar-refractivity contribution in [2.24, 2.45) is 0 Å². The molecule has 0 rings (SSSR count). The van der Waals surface area contributed by atoms with E-state index in [1.165, 1.54) is 25.7 Å². The van der Waals surface area contributed by atoms with Gasteiger partial charge in [-0.25, -0.2) is 0 Å². The van der Waals surface area contributed by atoms with E-state index in [0.717, 1.165) is 12.8 Å². The van der Waals surface area contributed by atoms with E-state index in [4.69, 9.17) is 11.6 Å². The van der Waals surface area contributed by atoms with Crippen molar-refractivity contribution in [2.75, 3.05) is 0 Å². The lowest BCUT2D eigenvalue weighted by Gasteiger charge is -2.06. The molecule has 0 aliphatic carbocycles. The highest BCUT2D eigenvalue weighted by molar-refractivity contribution is 6.21. The molecule has 80 valence electrons. The molecule has 0 unspecified atom stereocenters. The van der Waals surface area contributed by atoms with Crippen molar-refractivity contribution in [2.45, 2.75) is 63.7 Å². The molecule has 0 atom stereocenters. The monoisotopic (exact) mass is 212 g/mol. The molecular formula is C10H19ClF2. The highest BCUT2D eigenvalue weighted by Crippen LogP contribution is 2.26. The van der Waals surface area contributed by atoms with E-state index in [0.29, 0.717) is 6.42 Å². The molecule has 0 heterocycles. The van der Waals surface area contributed by atoms with Gasteiger partial charge in [-0.1, -0.05) is 45.4 Å². The van der Waals surface area contributed by atoms with Gasteiger partial charge in [0.2, 0.25) is 0 Å². The van der Waals surface area contributed by atoms with Gasteiger partial charge in [0, 0.05) is 6.42 Å². The van der Waals surface area contributed by atoms with Gasteiger partial charge < -0.3 is 0 Å². The molecule has 0 saturated heterocycles. The number of hydrogen-bond acceptors (Lipinski definition) is 0. The van der Waals surface area contributed by atoms with E-state index < -0.39 is 5.38 Å². The summed E-state index contributed by atoms with van der Waals surface area (Å²) >= 11 is 4.76. The minimum atomic E-state index is -2.98. The second-order valence-electron chi connectivity index (χ2n) is 3.49. The molecule has 0 N–H and O–H groups in total. The summed E-state index contributed by atoms with van der Waals surface area (Å²) in [5.41, 5.74) is 0. The van der Waals surface area contributed by atoms with Gasteiger partial charge in [0.15, 0.2) is 0 Å². The average Bonchev–Trinajstić information content (AvgIpc) is 2.01. The Morgan fingerprint density at radius 1 is 0.923 bits per heavy atom. The molecule has 0 amide bonds. The van der Waals surface area contributed by atoms with Crippen LogP contribution in [0, 0.1) is 0 Å². The zero-order chi connectivity index (χ0) is 10.2. The number of unbranched alkanes of at least 4 members (excludes halogenated alkanes) is 6. The predicted octanol–water partition coefficient (Wildman–Crippen LogP) is 4.96. The molecule has 0 aromatic heterocycles. The number of hydrogen-bond donors (Lipinski definition) is 0. The number of alkyl halides is 3. The van der Waals surface area contributed by atoms with Gasteiger partial charge in [-0.3, -0.25) is 0 Å². The molecule has 0 aromatic carbocycles. The first kappa shape index (κ1) is 13.2. The lowest BCUT2D eigenvalue weighted by atomic mass is 10.1. The lowest BCUT2D eigenvalue weighted by molar-refractivity contribution is 0.0828. The van der Waals surface area contributed by atoms with Crippen LogP contribution in [-0.2, 0) is 0 Å². The standard InChI is InChI=1S/C10H19ClF2/c1-2-3-4-5-6-7-8-9-10(11,12)13/h2-9H2,1H3. The average molecular weight is 213 g/mol. The van der Waals surface area contributed by atoms with Crippen LogP contribution in [0.5, 0.6) is 0 Å². The molecule has 0 aliphatic heterocycles. The van der Waals surface area contributed by atoms with E-state index >= 15 is 0 Å². The van der Waals surface area contributed by atoms with Crippen LogP contribution < -0.4 is 0 Å². The molecular weight excluding hydrogens is 194 g/mol. The summed E-state index contributed by atoms with van der Waals surface area (Å²) in [6, 6.07) is 0. The second kappa shape index (κ2) is 7.54. The molecule has 13 heavy (non-hydrogen) atoms. The maximum Gasteiger partial charge on any atom is 0.321 e. The normalized spacial score (nSPS) is 12.0. The van der Waals surface area contributed by atoms with Crippen LogP contribution in [0.1, 0.15) is 58.3 Å². The Labute approximate surface area is 84.7 Å². The maximum absolute atomic E-state index is 12.1. The third-order valence-corrected chi connectivity index (χ3v) is 2.25. The van der Waals surface area contributed by atoms with Gasteiger partial charge in [0.25, 0.3) is 0 Å². The second-order valence-corrected chi connectivity index (χ2v) is 4.04. The van der Waals surface area contributed by atoms with Crippen molar-refractivity contribution in [1.82, 2.24) is 0 Å². The topological polar surface area (TPSA) is 0 Å². The van der Waals surface area contributed by atoms with Crippen molar-refractivity contribution in [3.05, 3.63) is 0 Å². The zero-order valence-corrected chi connectivity index (χ0v) is 9.05. The fourth-order valence-corrected chi connectivity index (χ4v) is 1.42. The van der Waals surface area contributed by atoms with Crippen molar-refractivity contribution < 1.29 is 8.78 Å². The number of rotatable bonds is 8. The van der Waals surface area contributed by atoms with E-state index in [2.05, 4.69) is 6.92 Å². The first-order valence-corrected chi connectivity index (χ1v) is 5.51. The van der Waals surface area contributed by atoms with E-state index in [1.54, 1.807) is 0 Å². The Bertz CT molecular complexity index is 110. The summed E-state index contributed by atoms with van der Waals surface area (Å²) in [4.78, 5) is 0. The summed E-state index contributed by atoms with van der Waals surface area (Å²) in [6.45, 7) is 2.16. The van der Waals surface area contributed by atoms with E-state index in [-0.39, 0.29) is 6.42 Å². The highest BCUT2D eigenvalue weighted by atomic mass is 35.5. The van der Waals surface area contributed by atoms with Gasteiger partial charge in [-0.2, -0.15) is 8.78 Å². The van der Waals surface area contributed by atoms with Gasteiger partial charge in [0.1, 0.15) is 0 Å². The quantitative estimate of drug-likeness (QED) is 0.394. The molecule has 0 bridgehead atoms.